The lowest BCUT2D eigenvalue weighted by molar-refractivity contribution is -0.131. The van der Waals surface area contributed by atoms with Gasteiger partial charge in [0, 0.05) is 6.20 Å². The van der Waals surface area contributed by atoms with Crippen LogP contribution in [0.25, 0.3) is 0 Å². The number of hydrogen-bond donors (Lipinski definition) is 1. The first-order valence-corrected chi connectivity index (χ1v) is 7.12. The van der Waals surface area contributed by atoms with Crippen molar-refractivity contribution in [3.63, 3.8) is 0 Å². The Labute approximate surface area is 120 Å². The number of nitrogens with zero attached hydrogens (tertiary/aromatic N) is 2. The minimum absolute atomic E-state index is 0.186. The number of carbonyl (C=O) groups is 2. The van der Waals surface area contributed by atoms with Crippen molar-refractivity contribution in [1.82, 2.24) is 15.2 Å². The van der Waals surface area contributed by atoms with Gasteiger partial charge in [-0.2, -0.15) is 11.3 Å². The molecule has 1 aliphatic rings. The molecule has 1 aliphatic heterocycles. The van der Waals surface area contributed by atoms with Crippen LogP contribution in [0.4, 0.5) is 4.79 Å². The maximum atomic E-state index is 12.6. The fraction of sp³-hybridized carbons (Fsp3) is 0.214. The van der Waals surface area contributed by atoms with Crippen molar-refractivity contribution in [2.75, 3.05) is 0 Å². The van der Waals surface area contributed by atoms with Gasteiger partial charge in [0.25, 0.3) is 5.91 Å². The Bertz CT molecular complexity index is 642. The van der Waals surface area contributed by atoms with Gasteiger partial charge in [0.05, 0.1) is 12.2 Å². The van der Waals surface area contributed by atoms with Crippen LogP contribution in [0.3, 0.4) is 0 Å². The number of nitrogens with one attached hydrogen (secondary N) is 1. The first-order chi connectivity index (χ1) is 9.61. The normalized spacial score (nSPS) is 22.1. The lowest BCUT2D eigenvalue weighted by Gasteiger charge is -2.20. The van der Waals surface area contributed by atoms with Crippen LogP contribution >= 0.6 is 11.3 Å². The Hall–Kier alpha value is -2.21. The lowest BCUT2D eigenvalue weighted by atomic mass is 9.95. The summed E-state index contributed by atoms with van der Waals surface area (Å²) in [6.45, 7) is 1.92. The maximum Gasteiger partial charge on any atom is 0.325 e. The van der Waals surface area contributed by atoms with E-state index in [2.05, 4.69) is 10.3 Å². The molecule has 0 spiro atoms. The van der Waals surface area contributed by atoms with Crippen LogP contribution in [-0.4, -0.2) is 21.8 Å². The van der Waals surface area contributed by atoms with E-state index < -0.39 is 5.54 Å². The number of imide groups is 1. The van der Waals surface area contributed by atoms with E-state index in [4.69, 9.17) is 0 Å². The summed E-state index contributed by atoms with van der Waals surface area (Å²) in [5, 5.41) is 6.54. The second-order valence-electron chi connectivity index (χ2n) is 4.78. The molecule has 20 heavy (non-hydrogen) atoms. The largest absolute Gasteiger partial charge is 0.325 e. The van der Waals surface area contributed by atoms with E-state index in [-0.39, 0.29) is 18.5 Å². The molecule has 3 amide bonds. The first kappa shape index (κ1) is 12.8. The first-order valence-electron chi connectivity index (χ1n) is 6.18. The molecule has 0 unspecified atom stereocenters. The van der Waals surface area contributed by atoms with Crippen LogP contribution in [0.1, 0.15) is 18.2 Å². The van der Waals surface area contributed by atoms with Gasteiger partial charge in [0.1, 0.15) is 5.54 Å². The molecule has 1 saturated heterocycles. The van der Waals surface area contributed by atoms with E-state index in [0.29, 0.717) is 5.69 Å². The molecule has 2 aromatic rings. The van der Waals surface area contributed by atoms with Crippen molar-refractivity contribution in [3.8, 4) is 0 Å². The van der Waals surface area contributed by atoms with Gasteiger partial charge in [0.2, 0.25) is 0 Å². The molecule has 3 heterocycles. The number of rotatable bonds is 3. The molecule has 5 nitrogen and oxygen atoms in total. The third-order valence-corrected chi connectivity index (χ3v) is 4.10. The number of amides is 3. The van der Waals surface area contributed by atoms with Gasteiger partial charge in [-0.3, -0.25) is 14.7 Å². The number of thiophene rings is 1. The van der Waals surface area contributed by atoms with Gasteiger partial charge in [0.15, 0.2) is 0 Å². The van der Waals surface area contributed by atoms with Crippen LogP contribution in [0.2, 0.25) is 0 Å². The summed E-state index contributed by atoms with van der Waals surface area (Å²) in [6, 6.07) is 6.90. The highest BCUT2D eigenvalue weighted by atomic mass is 32.1. The van der Waals surface area contributed by atoms with E-state index in [0.717, 1.165) is 5.56 Å². The molecule has 0 saturated carbocycles. The number of pyridine rings is 1. The summed E-state index contributed by atoms with van der Waals surface area (Å²) in [4.78, 5) is 30.0. The molecule has 2 aromatic heterocycles. The molecule has 102 valence electrons. The molecule has 0 aromatic carbocycles. The fourth-order valence-electron chi connectivity index (χ4n) is 2.24. The molecule has 1 fully saturated rings. The van der Waals surface area contributed by atoms with Crippen molar-refractivity contribution in [2.24, 2.45) is 0 Å². The lowest BCUT2D eigenvalue weighted by Crippen LogP contribution is -2.40. The van der Waals surface area contributed by atoms with Crippen molar-refractivity contribution >= 4 is 23.3 Å². The van der Waals surface area contributed by atoms with Crippen LogP contribution in [-0.2, 0) is 16.9 Å². The van der Waals surface area contributed by atoms with E-state index in [1.807, 2.05) is 22.9 Å². The van der Waals surface area contributed by atoms with Gasteiger partial charge in [-0.25, -0.2) is 4.79 Å². The summed E-state index contributed by atoms with van der Waals surface area (Å²) in [5.74, 6) is -0.244. The van der Waals surface area contributed by atoms with E-state index in [1.54, 1.807) is 25.3 Å². The van der Waals surface area contributed by atoms with Gasteiger partial charge < -0.3 is 5.32 Å². The van der Waals surface area contributed by atoms with Crippen LogP contribution in [0.5, 0.6) is 0 Å². The highest BCUT2D eigenvalue weighted by molar-refractivity contribution is 7.08. The van der Waals surface area contributed by atoms with Gasteiger partial charge >= 0.3 is 6.03 Å². The standard InChI is InChI=1S/C14H13N3O2S/c1-14(10-5-7-20-9-10)12(18)17(13(19)16-14)8-11-4-2-3-6-15-11/h2-7,9H,8H2,1H3,(H,16,19)/t14-/m1/s1. The highest BCUT2D eigenvalue weighted by Crippen LogP contribution is 2.30. The molecule has 1 N–H and O–H groups in total. The van der Waals surface area contributed by atoms with Gasteiger partial charge in [-0.15, -0.1) is 0 Å². The third-order valence-electron chi connectivity index (χ3n) is 3.42. The number of hydrogen-bond acceptors (Lipinski definition) is 4. The predicted molar refractivity (Wildman–Crippen MR) is 75.0 cm³/mol. The molecule has 1 atom stereocenters. The molecule has 0 bridgehead atoms. The monoisotopic (exact) mass is 287 g/mol. The Morgan fingerprint density at radius 1 is 1.35 bits per heavy atom. The Balaban J connectivity index is 1.88. The van der Waals surface area contributed by atoms with E-state index in [1.165, 1.54) is 16.2 Å². The Morgan fingerprint density at radius 3 is 2.85 bits per heavy atom. The second kappa shape index (κ2) is 4.72. The van der Waals surface area contributed by atoms with Crippen LogP contribution in [0.15, 0.2) is 41.2 Å². The topological polar surface area (TPSA) is 62.3 Å². The molecule has 0 aliphatic carbocycles. The number of aromatic nitrogens is 1. The van der Waals surface area contributed by atoms with Crippen molar-refractivity contribution < 1.29 is 9.59 Å². The average molecular weight is 287 g/mol. The van der Waals surface area contributed by atoms with Crippen LogP contribution < -0.4 is 5.32 Å². The number of urea groups is 1. The Kier molecular flexibility index (Phi) is 3.02. The van der Waals surface area contributed by atoms with Crippen LogP contribution in [0, 0.1) is 0 Å². The molecular weight excluding hydrogens is 274 g/mol. The fourth-order valence-corrected chi connectivity index (χ4v) is 3.00. The zero-order valence-corrected chi connectivity index (χ0v) is 11.7. The third kappa shape index (κ3) is 1.98. The van der Waals surface area contributed by atoms with Crippen molar-refractivity contribution in [3.05, 3.63) is 52.5 Å². The highest BCUT2D eigenvalue weighted by Gasteiger charge is 2.49. The Morgan fingerprint density at radius 2 is 2.20 bits per heavy atom. The summed E-state index contributed by atoms with van der Waals surface area (Å²) in [5.41, 5.74) is 0.515. The van der Waals surface area contributed by atoms with Crippen molar-refractivity contribution in [1.29, 1.82) is 0 Å². The van der Waals surface area contributed by atoms with Gasteiger partial charge in [-0.05, 0) is 41.4 Å². The molecule has 0 radical (unpaired) electrons. The minimum atomic E-state index is -0.980. The zero-order valence-electron chi connectivity index (χ0n) is 10.9. The SMILES string of the molecule is C[C@]1(c2ccsc2)NC(=O)N(Cc2ccccn2)C1=O. The molecule has 3 rings (SSSR count). The zero-order chi connectivity index (χ0) is 14.2. The summed E-state index contributed by atoms with van der Waals surface area (Å²) in [6.07, 6.45) is 1.64. The predicted octanol–water partition coefficient (Wildman–Crippen LogP) is 2.11. The summed E-state index contributed by atoms with van der Waals surface area (Å²) in [7, 11) is 0. The quantitative estimate of drug-likeness (QED) is 0.879. The molecular formula is C14H13N3O2S. The average Bonchev–Trinajstić information content (AvgIpc) is 3.05. The minimum Gasteiger partial charge on any atom is -0.319 e. The smallest absolute Gasteiger partial charge is 0.319 e. The summed E-state index contributed by atoms with van der Waals surface area (Å²) < 4.78 is 0. The van der Waals surface area contributed by atoms with E-state index in [9.17, 15) is 9.59 Å². The summed E-state index contributed by atoms with van der Waals surface area (Å²) >= 11 is 1.50. The number of carbonyl (C=O) groups excluding carboxylic acids is 2. The second-order valence-corrected chi connectivity index (χ2v) is 5.56. The van der Waals surface area contributed by atoms with E-state index >= 15 is 0 Å². The van der Waals surface area contributed by atoms with Crippen molar-refractivity contribution in [2.45, 2.75) is 19.0 Å². The van der Waals surface area contributed by atoms with Gasteiger partial charge in [-0.1, -0.05) is 6.07 Å². The maximum absolute atomic E-state index is 12.6. The molecule has 6 heteroatoms.